The highest BCUT2D eigenvalue weighted by Crippen LogP contribution is 2.31. The summed E-state index contributed by atoms with van der Waals surface area (Å²) in [4.78, 5) is 1.23. The van der Waals surface area contributed by atoms with Crippen molar-refractivity contribution in [3.63, 3.8) is 0 Å². The van der Waals surface area contributed by atoms with Crippen molar-refractivity contribution in [2.45, 2.75) is 19.9 Å². The molecule has 0 aliphatic heterocycles. The van der Waals surface area contributed by atoms with Crippen molar-refractivity contribution < 1.29 is 0 Å². The number of nitrogens with one attached hydrogen (secondary N) is 1. The van der Waals surface area contributed by atoms with Gasteiger partial charge in [0.2, 0.25) is 0 Å². The molecular weight excluding hydrogens is 250 g/mol. The first-order valence-electron chi connectivity index (χ1n) is 5.84. The quantitative estimate of drug-likeness (QED) is 0.781. The second-order valence-corrected chi connectivity index (χ2v) is 5.32. The van der Waals surface area contributed by atoms with Crippen LogP contribution in [-0.2, 0) is 6.54 Å². The summed E-state index contributed by atoms with van der Waals surface area (Å²) in [5.74, 6) is 0. The number of thiophene rings is 1. The fourth-order valence-electron chi connectivity index (χ4n) is 1.71. The third kappa shape index (κ3) is 3.32. The maximum absolute atomic E-state index is 6.31. The van der Waals surface area contributed by atoms with Gasteiger partial charge >= 0.3 is 0 Å². The Labute approximate surface area is 111 Å². The number of rotatable bonds is 5. The summed E-state index contributed by atoms with van der Waals surface area (Å²) in [5.41, 5.74) is 2.37. The van der Waals surface area contributed by atoms with E-state index in [2.05, 4.69) is 41.9 Å². The van der Waals surface area contributed by atoms with Gasteiger partial charge in [-0.05, 0) is 36.0 Å². The van der Waals surface area contributed by atoms with Crippen molar-refractivity contribution in [2.75, 3.05) is 6.54 Å². The second-order valence-electron chi connectivity index (χ2n) is 3.97. The van der Waals surface area contributed by atoms with Gasteiger partial charge in [0, 0.05) is 22.0 Å². The first-order chi connectivity index (χ1) is 8.31. The highest BCUT2D eigenvalue weighted by molar-refractivity contribution is 7.13. The minimum Gasteiger partial charge on any atom is -0.313 e. The molecule has 0 radical (unpaired) electrons. The van der Waals surface area contributed by atoms with E-state index < -0.39 is 0 Å². The Bertz CT molecular complexity index is 465. The number of hydrogen-bond donors (Lipinski definition) is 1. The summed E-state index contributed by atoms with van der Waals surface area (Å²) in [6.07, 6.45) is 1.15. The average Bonchev–Trinajstić information content (AvgIpc) is 2.83. The van der Waals surface area contributed by atoms with E-state index in [1.54, 1.807) is 11.3 Å². The Hall–Kier alpha value is -0.830. The lowest BCUT2D eigenvalue weighted by molar-refractivity contribution is 0.675. The summed E-state index contributed by atoms with van der Waals surface area (Å²) in [5, 5.41) is 6.28. The van der Waals surface area contributed by atoms with E-state index in [-0.39, 0.29) is 0 Å². The van der Waals surface area contributed by atoms with E-state index in [1.165, 1.54) is 10.4 Å². The molecule has 0 unspecified atom stereocenters. The van der Waals surface area contributed by atoms with Gasteiger partial charge in [0.05, 0.1) is 0 Å². The molecule has 0 saturated heterocycles. The molecule has 0 atom stereocenters. The molecule has 2 aromatic rings. The second kappa shape index (κ2) is 6.20. The third-order valence-corrected chi connectivity index (χ3v) is 3.79. The molecule has 0 aliphatic rings. The van der Waals surface area contributed by atoms with Crippen LogP contribution in [0.15, 0.2) is 35.7 Å². The molecule has 1 aromatic carbocycles. The number of benzene rings is 1. The number of halogens is 1. The van der Waals surface area contributed by atoms with Gasteiger partial charge in [-0.2, -0.15) is 0 Å². The highest BCUT2D eigenvalue weighted by atomic mass is 35.5. The van der Waals surface area contributed by atoms with Crippen LogP contribution in [0.4, 0.5) is 0 Å². The molecule has 90 valence electrons. The maximum Gasteiger partial charge on any atom is 0.0495 e. The molecule has 1 nitrogen and oxygen atoms in total. The van der Waals surface area contributed by atoms with Gasteiger partial charge in [0.15, 0.2) is 0 Å². The third-order valence-electron chi connectivity index (χ3n) is 2.58. The normalized spacial score (nSPS) is 10.7. The molecule has 0 spiro atoms. The fourth-order valence-corrected chi connectivity index (χ4v) is 2.84. The van der Waals surface area contributed by atoms with Crippen LogP contribution in [0.3, 0.4) is 0 Å². The van der Waals surface area contributed by atoms with E-state index in [0.29, 0.717) is 0 Å². The van der Waals surface area contributed by atoms with Crippen molar-refractivity contribution in [1.29, 1.82) is 0 Å². The summed E-state index contributed by atoms with van der Waals surface area (Å²) < 4.78 is 0. The van der Waals surface area contributed by atoms with Crippen molar-refractivity contribution >= 4 is 22.9 Å². The molecular formula is C14H16ClNS. The number of hydrogen-bond acceptors (Lipinski definition) is 2. The van der Waals surface area contributed by atoms with Gasteiger partial charge in [0.25, 0.3) is 0 Å². The van der Waals surface area contributed by atoms with Crippen LogP contribution in [0, 0.1) is 0 Å². The Morgan fingerprint density at radius 3 is 2.82 bits per heavy atom. The lowest BCUT2D eigenvalue weighted by Crippen LogP contribution is -2.13. The van der Waals surface area contributed by atoms with Crippen LogP contribution in [0.5, 0.6) is 0 Å². The summed E-state index contributed by atoms with van der Waals surface area (Å²) in [7, 11) is 0. The molecule has 1 N–H and O–H groups in total. The van der Waals surface area contributed by atoms with Crippen molar-refractivity contribution in [3.8, 4) is 10.4 Å². The van der Waals surface area contributed by atoms with Gasteiger partial charge < -0.3 is 5.32 Å². The van der Waals surface area contributed by atoms with Gasteiger partial charge in [-0.25, -0.2) is 0 Å². The van der Waals surface area contributed by atoms with E-state index in [4.69, 9.17) is 11.6 Å². The lowest BCUT2D eigenvalue weighted by atomic mass is 10.1. The Morgan fingerprint density at radius 2 is 2.18 bits per heavy atom. The summed E-state index contributed by atoms with van der Waals surface area (Å²) in [6, 6.07) is 10.5. The van der Waals surface area contributed by atoms with Crippen molar-refractivity contribution in [2.24, 2.45) is 0 Å². The molecule has 0 fully saturated rings. The zero-order chi connectivity index (χ0) is 12.1. The topological polar surface area (TPSA) is 12.0 Å². The molecule has 1 aromatic heterocycles. The highest BCUT2D eigenvalue weighted by Gasteiger charge is 2.05. The molecule has 3 heteroatoms. The SMILES string of the molecule is CCCNCc1ccc(-c2cccs2)c(Cl)c1. The Morgan fingerprint density at radius 1 is 1.29 bits per heavy atom. The molecule has 0 aliphatic carbocycles. The Kier molecular flexibility index (Phi) is 4.60. The molecule has 0 amide bonds. The minimum absolute atomic E-state index is 0.836. The van der Waals surface area contributed by atoms with E-state index in [1.807, 2.05) is 6.07 Å². The molecule has 0 bridgehead atoms. The summed E-state index contributed by atoms with van der Waals surface area (Å²) in [6.45, 7) is 4.10. The van der Waals surface area contributed by atoms with Crippen LogP contribution >= 0.6 is 22.9 Å². The Balaban J connectivity index is 2.12. The molecule has 0 saturated carbocycles. The smallest absolute Gasteiger partial charge is 0.0495 e. The zero-order valence-electron chi connectivity index (χ0n) is 9.87. The molecule has 1 heterocycles. The van der Waals surface area contributed by atoms with Crippen LogP contribution in [0.1, 0.15) is 18.9 Å². The largest absolute Gasteiger partial charge is 0.313 e. The van der Waals surface area contributed by atoms with Crippen LogP contribution in [0.2, 0.25) is 5.02 Å². The standard InChI is InChI=1S/C14H16ClNS/c1-2-7-16-10-11-5-6-12(13(15)9-11)14-4-3-8-17-14/h3-6,8-9,16H,2,7,10H2,1H3. The lowest BCUT2D eigenvalue weighted by Gasteiger charge is -2.06. The van der Waals surface area contributed by atoms with Crippen LogP contribution in [-0.4, -0.2) is 6.54 Å². The van der Waals surface area contributed by atoms with Gasteiger partial charge in [-0.1, -0.05) is 36.7 Å². The minimum atomic E-state index is 0.836. The molecule has 17 heavy (non-hydrogen) atoms. The molecule has 2 rings (SSSR count). The monoisotopic (exact) mass is 265 g/mol. The van der Waals surface area contributed by atoms with Crippen molar-refractivity contribution in [1.82, 2.24) is 5.32 Å². The van der Waals surface area contributed by atoms with Crippen LogP contribution in [0.25, 0.3) is 10.4 Å². The van der Waals surface area contributed by atoms with Gasteiger partial charge in [-0.3, -0.25) is 0 Å². The predicted molar refractivity (Wildman–Crippen MR) is 76.8 cm³/mol. The first kappa shape index (κ1) is 12.6. The van der Waals surface area contributed by atoms with Gasteiger partial charge in [-0.15, -0.1) is 11.3 Å². The van der Waals surface area contributed by atoms with Crippen molar-refractivity contribution in [3.05, 3.63) is 46.3 Å². The predicted octanol–water partition coefficient (Wildman–Crippen LogP) is 4.57. The first-order valence-corrected chi connectivity index (χ1v) is 7.10. The fraction of sp³-hybridized carbons (Fsp3) is 0.286. The van der Waals surface area contributed by atoms with Crippen LogP contribution < -0.4 is 5.32 Å². The van der Waals surface area contributed by atoms with Gasteiger partial charge in [0.1, 0.15) is 0 Å². The average molecular weight is 266 g/mol. The summed E-state index contributed by atoms with van der Waals surface area (Å²) >= 11 is 8.03. The van der Waals surface area contributed by atoms with E-state index >= 15 is 0 Å². The van der Waals surface area contributed by atoms with E-state index in [0.717, 1.165) is 30.1 Å². The zero-order valence-corrected chi connectivity index (χ0v) is 11.4. The maximum atomic E-state index is 6.31. The van der Waals surface area contributed by atoms with E-state index in [9.17, 15) is 0 Å².